The highest BCUT2D eigenvalue weighted by molar-refractivity contribution is 9.10. The number of hydrogen-bond acceptors (Lipinski definition) is 1. The van der Waals surface area contributed by atoms with Crippen molar-refractivity contribution in [2.75, 3.05) is 0 Å². The van der Waals surface area contributed by atoms with E-state index in [2.05, 4.69) is 55.8 Å². The van der Waals surface area contributed by atoms with Crippen molar-refractivity contribution in [2.45, 2.75) is 33.7 Å². The molecular weight excluding hydrogens is 298 g/mol. The second-order valence-corrected chi connectivity index (χ2v) is 6.03. The van der Waals surface area contributed by atoms with Crippen LogP contribution in [0, 0.1) is 27.7 Å². The summed E-state index contributed by atoms with van der Waals surface area (Å²) in [5, 5.41) is 0. The topological polar surface area (TPSA) is 26.0 Å². The molecule has 2 heteroatoms. The summed E-state index contributed by atoms with van der Waals surface area (Å²) < 4.78 is 1.07. The van der Waals surface area contributed by atoms with Crippen LogP contribution in [0.15, 0.2) is 34.8 Å². The molecule has 0 bridgehead atoms. The van der Waals surface area contributed by atoms with Gasteiger partial charge in [0.1, 0.15) is 0 Å². The van der Waals surface area contributed by atoms with Crippen LogP contribution in [0.25, 0.3) is 0 Å². The molecule has 0 saturated carbocycles. The Morgan fingerprint density at radius 2 is 1.47 bits per heavy atom. The number of nitrogens with two attached hydrogens (primary N) is 1. The lowest BCUT2D eigenvalue weighted by Gasteiger charge is -2.22. The van der Waals surface area contributed by atoms with E-state index < -0.39 is 0 Å². The number of rotatable bonds is 2. The average Bonchev–Trinajstić information content (AvgIpc) is 2.37. The Hall–Kier alpha value is -1.12. The number of aryl methyl sites for hydroxylation is 2. The Balaban J connectivity index is 2.63. The van der Waals surface area contributed by atoms with E-state index in [1.54, 1.807) is 0 Å². The monoisotopic (exact) mass is 317 g/mol. The lowest BCUT2D eigenvalue weighted by molar-refractivity contribution is 0.840. The van der Waals surface area contributed by atoms with Gasteiger partial charge in [0, 0.05) is 4.47 Å². The van der Waals surface area contributed by atoms with Crippen molar-refractivity contribution in [3.63, 3.8) is 0 Å². The highest BCUT2D eigenvalue weighted by Crippen LogP contribution is 2.32. The fraction of sp³-hybridized carbons (Fsp3) is 0.294. The van der Waals surface area contributed by atoms with Gasteiger partial charge in [-0.2, -0.15) is 0 Å². The number of halogens is 1. The van der Waals surface area contributed by atoms with Crippen LogP contribution >= 0.6 is 15.9 Å². The van der Waals surface area contributed by atoms with Gasteiger partial charge in [0.25, 0.3) is 0 Å². The molecule has 1 atom stereocenters. The van der Waals surface area contributed by atoms with Gasteiger partial charge in [-0.25, -0.2) is 0 Å². The van der Waals surface area contributed by atoms with Crippen LogP contribution in [-0.2, 0) is 0 Å². The van der Waals surface area contributed by atoms with E-state index in [1.165, 1.54) is 27.8 Å². The molecule has 100 valence electrons. The summed E-state index contributed by atoms with van der Waals surface area (Å²) in [4.78, 5) is 0. The summed E-state index contributed by atoms with van der Waals surface area (Å²) in [6.45, 7) is 8.62. The van der Waals surface area contributed by atoms with Crippen molar-refractivity contribution in [1.82, 2.24) is 0 Å². The van der Waals surface area contributed by atoms with Crippen molar-refractivity contribution < 1.29 is 0 Å². The van der Waals surface area contributed by atoms with Gasteiger partial charge in [-0.15, -0.1) is 0 Å². The lowest BCUT2D eigenvalue weighted by atomic mass is 9.87. The Morgan fingerprint density at radius 3 is 2.00 bits per heavy atom. The molecule has 0 spiro atoms. The third-order valence-electron chi connectivity index (χ3n) is 3.98. The zero-order valence-electron chi connectivity index (χ0n) is 11.9. The number of benzene rings is 2. The van der Waals surface area contributed by atoms with E-state index >= 15 is 0 Å². The summed E-state index contributed by atoms with van der Waals surface area (Å²) in [6.07, 6.45) is 0. The lowest BCUT2D eigenvalue weighted by Crippen LogP contribution is -2.16. The zero-order chi connectivity index (χ0) is 14.2. The zero-order valence-corrected chi connectivity index (χ0v) is 13.5. The third kappa shape index (κ3) is 2.60. The van der Waals surface area contributed by atoms with Crippen molar-refractivity contribution in [2.24, 2.45) is 5.73 Å². The highest BCUT2D eigenvalue weighted by atomic mass is 79.9. The molecule has 0 amide bonds. The molecular formula is C17H20BrN. The first-order chi connectivity index (χ1) is 8.93. The molecule has 1 unspecified atom stereocenters. The smallest absolute Gasteiger partial charge is 0.0568 e. The molecule has 0 aliphatic carbocycles. The first kappa shape index (κ1) is 14.3. The summed E-state index contributed by atoms with van der Waals surface area (Å²) in [5.41, 5.74) is 14.1. The van der Waals surface area contributed by atoms with Gasteiger partial charge < -0.3 is 5.73 Å². The van der Waals surface area contributed by atoms with E-state index in [4.69, 9.17) is 5.73 Å². The molecule has 0 saturated heterocycles. The predicted molar refractivity (Wildman–Crippen MR) is 85.6 cm³/mol. The van der Waals surface area contributed by atoms with Gasteiger partial charge >= 0.3 is 0 Å². The molecule has 0 aliphatic rings. The van der Waals surface area contributed by atoms with E-state index in [1.807, 2.05) is 18.2 Å². The Labute approximate surface area is 124 Å². The van der Waals surface area contributed by atoms with Crippen LogP contribution in [0.1, 0.15) is 39.4 Å². The van der Waals surface area contributed by atoms with Crippen LogP contribution in [0.5, 0.6) is 0 Å². The molecule has 0 heterocycles. The average molecular weight is 318 g/mol. The fourth-order valence-electron chi connectivity index (χ4n) is 2.60. The molecule has 1 nitrogen and oxygen atoms in total. The van der Waals surface area contributed by atoms with E-state index in [0.29, 0.717) is 0 Å². The first-order valence-corrected chi connectivity index (χ1v) is 7.30. The molecule has 19 heavy (non-hydrogen) atoms. The first-order valence-electron chi connectivity index (χ1n) is 6.50. The molecule has 0 aromatic heterocycles. The Bertz CT molecular complexity index is 591. The van der Waals surface area contributed by atoms with Crippen molar-refractivity contribution in [1.29, 1.82) is 0 Å². The van der Waals surface area contributed by atoms with Crippen LogP contribution in [-0.4, -0.2) is 0 Å². The normalized spacial score (nSPS) is 12.5. The molecule has 2 N–H and O–H groups in total. The largest absolute Gasteiger partial charge is 0.320 e. The van der Waals surface area contributed by atoms with Crippen molar-refractivity contribution >= 4 is 15.9 Å². The Kier molecular flexibility index (Phi) is 4.12. The highest BCUT2D eigenvalue weighted by Gasteiger charge is 2.18. The van der Waals surface area contributed by atoms with Gasteiger partial charge in [-0.1, -0.05) is 40.2 Å². The maximum Gasteiger partial charge on any atom is 0.0568 e. The van der Waals surface area contributed by atoms with Crippen LogP contribution in [0.2, 0.25) is 0 Å². The maximum atomic E-state index is 6.53. The minimum Gasteiger partial charge on any atom is -0.320 e. The summed E-state index contributed by atoms with van der Waals surface area (Å²) >= 11 is 3.60. The Morgan fingerprint density at radius 1 is 0.947 bits per heavy atom. The maximum absolute atomic E-state index is 6.53. The van der Waals surface area contributed by atoms with E-state index in [9.17, 15) is 0 Å². The molecule has 2 rings (SSSR count). The SMILES string of the molecule is Cc1cc(C)c(C)c(C(N)c2ccccc2Br)c1C. The minimum atomic E-state index is -0.0887. The molecule has 0 fully saturated rings. The van der Waals surface area contributed by atoms with Crippen LogP contribution in [0.3, 0.4) is 0 Å². The summed E-state index contributed by atoms with van der Waals surface area (Å²) in [5.74, 6) is 0. The predicted octanol–water partition coefficient (Wildman–Crippen LogP) is 4.73. The van der Waals surface area contributed by atoms with Crippen LogP contribution < -0.4 is 5.73 Å². The van der Waals surface area contributed by atoms with Gasteiger partial charge in [-0.3, -0.25) is 0 Å². The molecule has 2 aromatic carbocycles. The summed E-state index contributed by atoms with van der Waals surface area (Å²) in [6, 6.07) is 10.3. The molecule has 0 radical (unpaired) electrons. The van der Waals surface area contributed by atoms with Gasteiger partial charge in [0.05, 0.1) is 6.04 Å². The third-order valence-corrected chi connectivity index (χ3v) is 4.70. The minimum absolute atomic E-state index is 0.0887. The second kappa shape index (κ2) is 5.48. The standard InChI is InChI=1S/C17H20BrN/c1-10-9-11(2)13(4)16(12(10)3)17(19)14-7-5-6-8-15(14)18/h5-9,17H,19H2,1-4H3. The van der Waals surface area contributed by atoms with E-state index in [-0.39, 0.29) is 6.04 Å². The quantitative estimate of drug-likeness (QED) is 0.851. The summed E-state index contributed by atoms with van der Waals surface area (Å²) in [7, 11) is 0. The number of hydrogen-bond donors (Lipinski definition) is 1. The second-order valence-electron chi connectivity index (χ2n) is 5.17. The fourth-order valence-corrected chi connectivity index (χ4v) is 3.13. The van der Waals surface area contributed by atoms with E-state index in [0.717, 1.165) is 10.0 Å². The van der Waals surface area contributed by atoms with Crippen molar-refractivity contribution in [3.8, 4) is 0 Å². The van der Waals surface area contributed by atoms with Crippen molar-refractivity contribution in [3.05, 3.63) is 68.2 Å². The molecule has 2 aromatic rings. The van der Waals surface area contributed by atoms with Gasteiger partial charge in [0.2, 0.25) is 0 Å². The molecule has 0 aliphatic heterocycles. The van der Waals surface area contributed by atoms with Gasteiger partial charge in [0.15, 0.2) is 0 Å². The van der Waals surface area contributed by atoms with Crippen LogP contribution in [0.4, 0.5) is 0 Å². The van der Waals surface area contributed by atoms with Gasteiger partial charge in [-0.05, 0) is 67.1 Å².